The number of hydrogen-bond acceptors (Lipinski definition) is 6. The van der Waals surface area contributed by atoms with Gasteiger partial charge in [-0.15, -0.1) is 5.10 Å². The van der Waals surface area contributed by atoms with Gasteiger partial charge in [-0.05, 0) is 49.5 Å². The summed E-state index contributed by atoms with van der Waals surface area (Å²) < 4.78 is 3.81. The molecule has 0 aliphatic rings. The maximum Gasteiger partial charge on any atom is 0.276 e. The van der Waals surface area contributed by atoms with E-state index in [0.29, 0.717) is 5.69 Å². The maximum atomic E-state index is 13.4. The molecule has 1 N–H and O–H groups in total. The number of rotatable bonds is 8. The molecule has 0 saturated carbocycles. The van der Waals surface area contributed by atoms with Crippen LogP contribution in [-0.2, 0) is 11.3 Å². The fourth-order valence-electron chi connectivity index (χ4n) is 2.93. The molecule has 0 spiro atoms. The van der Waals surface area contributed by atoms with Crippen LogP contribution in [0.5, 0.6) is 0 Å². The number of nitrogens with zero attached hydrogens (tertiary/aromatic N) is 4. The largest absolute Gasteiger partial charge is 0.349 e. The van der Waals surface area contributed by atoms with Gasteiger partial charge in [0, 0.05) is 23.7 Å². The van der Waals surface area contributed by atoms with Gasteiger partial charge < -0.3 is 10.2 Å². The highest BCUT2D eigenvalue weighted by Crippen LogP contribution is 2.25. The number of carbonyl (C=O) groups is 2. The zero-order chi connectivity index (χ0) is 21.6. The van der Waals surface area contributed by atoms with Gasteiger partial charge in [0.1, 0.15) is 0 Å². The first-order valence-electron chi connectivity index (χ1n) is 9.76. The van der Waals surface area contributed by atoms with E-state index in [1.54, 1.807) is 23.7 Å². The predicted molar refractivity (Wildman–Crippen MR) is 116 cm³/mol. The Morgan fingerprint density at radius 1 is 1.13 bits per heavy atom. The van der Waals surface area contributed by atoms with Gasteiger partial charge in [-0.2, -0.15) is 0 Å². The topological polar surface area (TPSA) is 88.1 Å². The number of benzene rings is 1. The summed E-state index contributed by atoms with van der Waals surface area (Å²) in [6.45, 7) is 6.14. The van der Waals surface area contributed by atoms with Crippen molar-refractivity contribution in [3.8, 4) is 0 Å². The Kier molecular flexibility index (Phi) is 6.89. The molecule has 156 valence electrons. The van der Waals surface area contributed by atoms with E-state index in [-0.39, 0.29) is 24.1 Å². The Bertz CT molecular complexity index is 962. The van der Waals surface area contributed by atoms with Crippen molar-refractivity contribution >= 4 is 23.3 Å². The lowest BCUT2D eigenvalue weighted by Gasteiger charge is -2.33. The van der Waals surface area contributed by atoms with Crippen LogP contribution in [0.2, 0.25) is 0 Å². The van der Waals surface area contributed by atoms with E-state index in [4.69, 9.17) is 0 Å². The molecular weight excluding hydrogens is 398 g/mol. The smallest absolute Gasteiger partial charge is 0.276 e. The van der Waals surface area contributed by atoms with Crippen molar-refractivity contribution in [1.29, 1.82) is 0 Å². The fraction of sp³-hybridized carbons (Fsp3) is 0.318. The first-order chi connectivity index (χ1) is 14.4. The average Bonchev–Trinajstić information content (AvgIpc) is 3.29. The van der Waals surface area contributed by atoms with Crippen molar-refractivity contribution in [1.82, 2.24) is 24.8 Å². The summed E-state index contributed by atoms with van der Waals surface area (Å²) >= 11 is 1.10. The second-order valence-corrected chi connectivity index (χ2v) is 8.20. The van der Waals surface area contributed by atoms with E-state index in [1.807, 2.05) is 57.2 Å². The van der Waals surface area contributed by atoms with Crippen LogP contribution in [0.1, 0.15) is 55.0 Å². The van der Waals surface area contributed by atoms with Gasteiger partial charge in [-0.25, -0.2) is 0 Å². The monoisotopic (exact) mass is 423 g/mol. The SMILES string of the molecule is CCC(C)(C)NC(=O)C(c1ccccn1)N(Cc1ccccc1)C(=O)c1csnn1. The molecule has 1 atom stereocenters. The summed E-state index contributed by atoms with van der Waals surface area (Å²) in [5.41, 5.74) is 1.18. The van der Waals surface area contributed by atoms with Crippen molar-refractivity contribution in [2.24, 2.45) is 0 Å². The molecule has 0 fully saturated rings. The van der Waals surface area contributed by atoms with Gasteiger partial charge in [0.25, 0.3) is 5.91 Å². The van der Waals surface area contributed by atoms with Crippen LogP contribution in [0.15, 0.2) is 60.1 Å². The van der Waals surface area contributed by atoms with Crippen LogP contribution >= 0.6 is 11.5 Å². The fourth-order valence-corrected chi connectivity index (χ4v) is 3.36. The molecule has 3 rings (SSSR count). The van der Waals surface area contributed by atoms with Crippen molar-refractivity contribution in [2.45, 2.75) is 45.3 Å². The third-order valence-corrected chi connectivity index (χ3v) is 5.41. The molecule has 0 aliphatic carbocycles. The highest BCUT2D eigenvalue weighted by Gasteiger charge is 2.36. The Morgan fingerprint density at radius 2 is 1.87 bits per heavy atom. The van der Waals surface area contributed by atoms with Crippen LogP contribution < -0.4 is 5.32 Å². The molecule has 7 nitrogen and oxygen atoms in total. The lowest BCUT2D eigenvalue weighted by Crippen LogP contribution is -2.50. The van der Waals surface area contributed by atoms with E-state index in [0.717, 1.165) is 23.5 Å². The maximum absolute atomic E-state index is 13.4. The molecule has 2 heterocycles. The van der Waals surface area contributed by atoms with E-state index < -0.39 is 11.6 Å². The average molecular weight is 424 g/mol. The van der Waals surface area contributed by atoms with E-state index >= 15 is 0 Å². The Hall–Kier alpha value is -3.13. The van der Waals surface area contributed by atoms with Crippen LogP contribution in [-0.4, -0.2) is 36.8 Å². The number of amides is 2. The van der Waals surface area contributed by atoms with Gasteiger partial charge >= 0.3 is 0 Å². The normalized spacial score (nSPS) is 12.2. The molecule has 1 aromatic carbocycles. The summed E-state index contributed by atoms with van der Waals surface area (Å²) in [4.78, 5) is 32.7. The van der Waals surface area contributed by atoms with Crippen LogP contribution in [0, 0.1) is 0 Å². The lowest BCUT2D eigenvalue weighted by atomic mass is 10.00. The van der Waals surface area contributed by atoms with E-state index in [9.17, 15) is 9.59 Å². The van der Waals surface area contributed by atoms with Crippen LogP contribution in [0.25, 0.3) is 0 Å². The van der Waals surface area contributed by atoms with Crippen LogP contribution in [0.3, 0.4) is 0 Å². The highest BCUT2D eigenvalue weighted by molar-refractivity contribution is 7.03. The second kappa shape index (κ2) is 9.58. The molecule has 8 heteroatoms. The summed E-state index contributed by atoms with van der Waals surface area (Å²) in [7, 11) is 0. The zero-order valence-electron chi connectivity index (χ0n) is 17.3. The summed E-state index contributed by atoms with van der Waals surface area (Å²) in [5, 5.41) is 8.58. The molecule has 2 aromatic heterocycles. The van der Waals surface area contributed by atoms with Crippen molar-refractivity contribution in [3.05, 3.63) is 77.1 Å². The zero-order valence-corrected chi connectivity index (χ0v) is 18.1. The first kappa shape index (κ1) is 21.6. The number of pyridine rings is 1. The predicted octanol–water partition coefficient (Wildman–Crippen LogP) is 3.62. The van der Waals surface area contributed by atoms with Crippen LogP contribution in [0.4, 0.5) is 0 Å². The minimum atomic E-state index is -0.911. The molecular formula is C22H25N5O2S. The lowest BCUT2D eigenvalue weighted by molar-refractivity contribution is -0.128. The van der Waals surface area contributed by atoms with Gasteiger partial charge in [0.2, 0.25) is 5.91 Å². The minimum absolute atomic E-state index is 0.208. The van der Waals surface area contributed by atoms with Gasteiger partial charge in [-0.1, -0.05) is 47.8 Å². The highest BCUT2D eigenvalue weighted by atomic mass is 32.1. The molecule has 2 amide bonds. The van der Waals surface area contributed by atoms with E-state index in [2.05, 4.69) is 19.9 Å². The molecule has 0 saturated heterocycles. The molecule has 1 unspecified atom stereocenters. The minimum Gasteiger partial charge on any atom is -0.349 e. The van der Waals surface area contributed by atoms with Gasteiger partial charge in [0.15, 0.2) is 11.7 Å². The second-order valence-electron chi connectivity index (χ2n) is 7.59. The first-order valence-corrected chi connectivity index (χ1v) is 10.6. The standard InChI is InChI=1S/C22H25N5O2S/c1-4-22(2,3)24-20(28)19(17-12-8-9-13-23-17)27(14-16-10-6-5-7-11-16)21(29)18-15-30-26-25-18/h5-13,15,19H,4,14H2,1-3H3,(H,24,28). The van der Waals surface area contributed by atoms with Gasteiger partial charge in [-0.3, -0.25) is 14.6 Å². The number of aromatic nitrogens is 3. The molecule has 0 bridgehead atoms. The molecule has 30 heavy (non-hydrogen) atoms. The van der Waals surface area contributed by atoms with Crippen molar-refractivity contribution < 1.29 is 9.59 Å². The Labute approximate surface area is 180 Å². The summed E-state index contributed by atoms with van der Waals surface area (Å²) in [6.07, 6.45) is 2.37. The van der Waals surface area contributed by atoms with Crippen molar-refractivity contribution in [2.75, 3.05) is 0 Å². The van der Waals surface area contributed by atoms with Gasteiger partial charge in [0.05, 0.1) is 5.69 Å². The number of hydrogen-bond donors (Lipinski definition) is 1. The molecule has 3 aromatic rings. The Balaban J connectivity index is 2.05. The summed E-state index contributed by atoms with van der Waals surface area (Å²) in [6, 6.07) is 14.0. The number of nitrogens with one attached hydrogen (secondary N) is 1. The third kappa shape index (κ3) is 5.27. The third-order valence-electron chi connectivity index (χ3n) is 4.91. The van der Waals surface area contributed by atoms with Crippen molar-refractivity contribution in [3.63, 3.8) is 0 Å². The number of carbonyl (C=O) groups excluding carboxylic acids is 2. The Morgan fingerprint density at radius 3 is 2.47 bits per heavy atom. The quantitative estimate of drug-likeness (QED) is 0.598. The molecule has 0 aliphatic heterocycles. The molecule has 0 radical (unpaired) electrons. The summed E-state index contributed by atoms with van der Waals surface area (Å²) in [5.74, 6) is -0.652. The van der Waals surface area contributed by atoms with E-state index in [1.165, 1.54) is 4.90 Å².